The summed E-state index contributed by atoms with van der Waals surface area (Å²) in [6.07, 6.45) is -5.71. The lowest BCUT2D eigenvalue weighted by Gasteiger charge is -2.34. The van der Waals surface area contributed by atoms with Gasteiger partial charge in [-0.15, -0.1) is 0 Å². The van der Waals surface area contributed by atoms with Gasteiger partial charge in [-0.3, -0.25) is 23.9 Å². The first-order valence-corrected chi connectivity index (χ1v) is 17.4. The quantitative estimate of drug-likeness (QED) is 0.115. The van der Waals surface area contributed by atoms with Gasteiger partial charge < -0.3 is 15.2 Å². The zero-order valence-electron chi connectivity index (χ0n) is 28.6. The Morgan fingerprint density at radius 1 is 1.06 bits per heavy atom. The summed E-state index contributed by atoms with van der Waals surface area (Å²) >= 11 is 3.34. The summed E-state index contributed by atoms with van der Waals surface area (Å²) in [6, 6.07) is 11.5. The fourth-order valence-corrected chi connectivity index (χ4v) is 6.86. The lowest BCUT2D eigenvalue weighted by atomic mass is 9.92. The topological polar surface area (TPSA) is 101 Å². The highest BCUT2D eigenvalue weighted by Gasteiger charge is 2.37. The molecule has 5 rings (SSSR count). The number of ether oxygens (including phenoxy) is 1. The van der Waals surface area contributed by atoms with Crippen LogP contribution < -0.4 is 10.9 Å². The number of hydrogen-bond acceptors (Lipinski definition) is 6. The molecule has 1 unspecified atom stereocenters. The Labute approximate surface area is 305 Å². The molecule has 0 aliphatic carbocycles. The number of phenols is 1. The molecule has 1 aliphatic heterocycles. The summed E-state index contributed by atoms with van der Waals surface area (Å²) < 4.78 is 78.6. The smallest absolute Gasteiger partial charge is 0.416 e. The summed E-state index contributed by atoms with van der Waals surface area (Å²) in [7, 11) is 0. The Morgan fingerprint density at radius 3 is 2.40 bits per heavy atom. The van der Waals surface area contributed by atoms with Crippen LogP contribution in [0.25, 0.3) is 11.1 Å². The minimum absolute atomic E-state index is 0.00800. The molecule has 2 heterocycles. The number of aryl methyl sites for hydroxylation is 2. The van der Waals surface area contributed by atoms with Crippen molar-refractivity contribution in [2.45, 2.75) is 58.0 Å². The fourth-order valence-electron chi connectivity index (χ4n) is 6.44. The second-order valence-electron chi connectivity index (χ2n) is 12.8. The SMILES string of the molecule is CCOC(=O)C[C@H](NC(=O)C(c1cccc(Br)c1)n1cc(CCN2CC(F)C2)c(C(F)(F)F)cc1=O)c1cc(-c2c(C)cccc2O)cc(C)c1F. The molecule has 2 atom stereocenters. The molecule has 0 spiro atoms. The maximum Gasteiger partial charge on any atom is 0.416 e. The minimum atomic E-state index is -4.89. The number of benzene rings is 3. The number of nitrogens with zero attached hydrogens (tertiary/aromatic N) is 2. The van der Waals surface area contributed by atoms with Crippen molar-refractivity contribution in [1.82, 2.24) is 14.8 Å². The van der Waals surface area contributed by atoms with Gasteiger partial charge in [-0.1, -0.05) is 40.2 Å². The van der Waals surface area contributed by atoms with Gasteiger partial charge >= 0.3 is 12.1 Å². The lowest BCUT2D eigenvalue weighted by Crippen LogP contribution is -2.49. The Bertz CT molecular complexity index is 2010. The zero-order chi connectivity index (χ0) is 37.9. The van der Waals surface area contributed by atoms with E-state index in [0.717, 1.165) is 10.8 Å². The maximum absolute atomic E-state index is 16.1. The van der Waals surface area contributed by atoms with Crippen molar-refractivity contribution in [2.75, 3.05) is 26.2 Å². The summed E-state index contributed by atoms with van der Waals surface area (Å²) in [5.74, 6) is -2.53. The van der Waals surface area contributed by atoms with Crippen LogP contribution in [-0.2, 0) is 26.9 Å². The second kappa shape index (κ2) is 16.0. The van der Waals surface area contributed by atoms with Crippen LogP contribution in [-0.4, -0.2) is 58.9 Å². The number of pyridine rings is 1. The van der Waals surface area contributed by atoms with E-state index in [4.69, 9.17) is 4.74 Å². The van der Waals surface area contributed by atoms with Crippen LogP contribution in [0.2, 0.25) is 0 Å². The van der Waals surface area contributed by atoms with E-state index >= 15 is 4.39 Å². The van der Waals surface area contributed by atoms with E-state index in [2.05, 4.69) is 21.2 Å². The van der Waals surface area contributed by atoms with Crippen molar-refractivity contribution in [3.05, 3.63) is 121 Å². The van der Waals surface area contributed by atoms with Gasteiger partial charge in [0.1, 0.15) is 23.8 Å². The molecule has 1 amide bonds. The zero-order valence-corrected chi connectivity index (χ0v) is 30.2. The minimum Gasteiger partial charge on any atom is -0.507 e. The van der Waals surface area contributed by atoms with Crippen LogP contribution in [0.15, 0.2) is 76.1 Å². The number of halogens is 6. The van der Waals surface area contributed by atoms with Gasteiger partial charge in [0, 0.05) is 47.5 Å². The van der Waals surface area contributed by atoms with Gasteiger partial charge in [-0.2, -0.15) is 13.2 Å². The first-order valence-electron chi connectivity index (χ1n) is 16.6. The summed E-state index contributed by atoms with van der Waals surface area (Å²) in [6.45, 7) is 5.05. The molecule has 3 aromatic carbocycles. The van der Waals surface area contributed by atoms with Gasteiger partial charge in [-0.25, -0.2) is 8.78 Å². The van der Waals surface area contributed by atoms with E-state index < -0.39 is 59.7 Å². The average molecular weight is 791 g/mol. The third kappa shape index (κ3) is 8.72. The Hall–Kier alpha value is -4.56. The Morgan fingerprint density at radius 2 is 1.77 bits per heavy atom. The first-order chi connectivity index (χ1) is 24.6. The number of aromatic nitrogens is 1. The Kier molecular flexibility index (Phi) is 11.9. The summed E-state index contributed by atoms with van der Waals surface area (Å²) in [5, 5.41) is 13.4. The number of amides is 1. The average Bonchev–Trinajstić information content (AvgIpc) is 3.04. The van der Waals surface area contributed by atoms with Crippen LogP contribution in [0, 0.1) is 19.7 Å². The summed E-state index contributed by atoms with van der Waals surface area (Å²) in [5.41, 5.74) is -0.872. The highest BCUT2D eigenvalue weighted by Crippen LogP contribution is 2.37. The van der Waals surface area contributed by atoms with Crippen molar-refractivity contribution in [1.29, 1.82) is 0 Å². The highest BCUT2D eigenvalue weighted by molar-refractivity contribution is 9.10. The number of rotatable bonds is 12. The molecule has 1 aromatic heterocycles. The number of carbonyl (C=O) groups excluding carboxylic acids is 2. The van der Waals surface area contributed by atoms with Crippen LogP contribution in [0.1, 0.15) is 58.8 Å². The Balaban J connectivity index is 1.63. The van der Waals surface area contributed by atoms with Gasteiger partial charge in [-0.05, 0) is 85.3 Å². The predicted octanol–water partition coefficient (Wildman–Crippen LogP) is 7.35. The van der Waals surface area contributed by atoms with Crippen molar-refractivity contribution < 1.29 is 41.4 Å². The molecule has 0 bridgehead atoms. The largest absolute Gasteiger partial charge is 0.507 e. The summed E-state index contributed by atoms with van der Waals surface area (Å²) in [4.78, 5) is 42.5. The molecule has 0 saturated carbocycles. The molecule has 8 nitrogen and oxygen atoms in total. The normalized spacial score (nSPS) is 14.8. The van der Waals surface area contributed by atoms with Gasteiger partial charge in [0.25, 0.3) is 5.56 Å². The standard InChI is InChI=1S/C38H37BrF5N3O5/c1-4-52-33(50)17-30(28-15-25(13-22(3)35(28)41)34-21(2)7-5-10-31(34)48)45-37(51)36(23-8-6-9-26(39)14-23)47-18-24(11-12-46-19-27(40)20-46)29(16-32(47)49)38(42,43)44/h5-10,13-16,18,27,30,36,48H,4,11-12,17,19-20H2,1-3H3,(H,45,51)/t30-,36?/m0/s1. The van der Waals surface area contributed by atoms with Crippen molar-refractivity contribution in [3.63, 3.8) is 0 Å². The molecular formula is C38H37BrF5N3O5. The highest BCUT2D eigenvalue weighted by atomic mass is 79.9. The van der Waals surface area contributed by atoms with E-state index in [-0.39, 0.29) is 60.7 Å². The second-order valence-corrected chi connectivity index (χ2v) is 13.7. The molecule has 52 heavy (non-hydrogen) atoms. The van der Waals surface area contributed by atoms with E-state index in [9.17, 15) is 37.1 Å². The van der Waals surface area contributed by atoms with Gasteiger partial charge in [0.15, 0.2) is 0 Å². The number of nitrogens with one attached hydrogen (secondary N) is 1. The number of phenolic OH excluding ortho intramolecular Hbond substituents is 1. The molecule has 1 saturated heterocycles. The molecule has 14 heteroatoms. The van der Waals surface area contributed by atoms with Crippen LogP contribution in [0.5, 0.6) is 5.75 Å². The van der Waals surface area contributed by atoms with E-state index in [0.29, 0.717) is 27.2 Å². The first kappa shape index (κ1) is 38.7. The van der Waals surface area contributed by atoms with Crippen molar-refractivity contribution >= 4 is 27.8 Å². The maximum atomic E-state index is 16.1. The fraction of sp³-hybridized carbons (Fsp3) is 0.342. The van der Waals surface area contributed by atoms with Crippen molar-refractivity contribution in [3.8, 4) is 16.9 Å². The van der Waals surface area contributed by atoms with Crippen LogP contribution >= 0.6 is 15.9 Å². The molecule has 1 fully saturated rings. The predicted molar refractivity (Wildman–Crippen MR) is 188 cm³/mol. The molecule has 1 aliphatic rings. The van der Waals surface area contributed by atoms with E-state index in [1.807, 2.05) is 0 Å². The molecule has 276 valence electrons. The number of esters is 1. The number of likely N-dealkylation sites (tertiary alicyclic amines) is 1. The molecule has 4 aromatic rings. The van der Waals surface area contributed by atoms with Gasteiger partial charge in [0.2, 0.25) is 5.91 Å². The third-order valence-electron chi connectivity index (χ3n) is 8.96. The number of hydrogen-bond donors (Lipinski definition) is 2. The monoisotopic (exact) mass is 789 g/mol. The van der Waals surface area contributed by atoms with E-state index in [1.54, 1.807) is 43.0 Å². The number of alkyl halides is 4. The molecule has 2 N–H and O–H groups in total. The molecule has 0 radical (unpaired) electrons. The van der Waals surface area contributed by atoms with Gasteiger partial charge in [0.05, 0.1) is 24.6 Å². The van der Waals surface area contributed by atoms with Crippen LogP contribution in [0.4, 0.5) is 22.0 Å². The van der Waals surface area contributed by atoms with Crippen molar-refractivity contribution in [2.24, 2.45) is 0 Å². The number of carbonyl (C=O) groups is 2. The molecular weight excluding hydrogens is 753 g/mol. The number of aromatic hydroxyl groups is 1. The van der Waals surface area contributed by atoms with E-state index in [1.165, 1.54) is 37.3 Å². The third-order valence-corrected chi connectivity index (χ3v) is 9.45. The van der Waals surface area contributed by atoms with Crippen LogP contribution in [0.3, 0.4) is 0 Å². The lowest BCUT2D eigenvalue weighted by molar-refractivity contribution is -0.144.